The van der Waals surface area contributed by atoms with Crippen molar-refractivity contribution in [1.29, 1.82) is 0 Å². The molecule has 0 amide bonds. The molecule has 28 heavy (non-hydrogen) atoms. The molecule has 3 heterocycles. The Bertz CT molecular complexity index is 949. The number of rotatable bonds is 5. The van der Waals surface area contributed by atoms with Crippen LogP contribution in [-0.4, -0.2) is 33.1 Å². The lowest BCUT2D eigenvalue weighted by atomic mass is 9.68. The Balaban J connectivity index is 1.52. The van der Waals surface area contributed by atoms with Gasteiger partial charge < -0.3 is 9.73 Å². The maximum atomic E-state index is 6.32. The molecule has 0 bridgehead atoms. The number of aromatic nitrogens is 4. The van der Waals surface area contributed by atoms with Crippen molar-refractivity contribution in [2.24, 2.45) is 11.8 Å². The highest BCUT2D eigenvalue weighted by atomic mass is 16.4. The zero-order valence-electron chi connectivity index (χ0n) is 16.8. The second kappa shape index (κ2) is 7.32. The van der Waals surface area contributed by atoms with Gasteiger partial charge in [-0.05, 0) is 70.5 Å². The van der Waals surface area contributed by atoms with Crippen molar-refractivity contribution in [3.63, 3.8) is 0 Å². The lowest BCUT2D eigenvalue weighted by Crippen LogP contribution is -2.35. The van der Waals surface area contributed by atoms with Crippen molar-refractivity contribution in [1.82, 2.24) is 25.3 Å². The van der Waals surface area contributed by atoms with Crippen LogP contribution in [0, 0.1) is 11.8 Å². The molecule has 3 aromatic rings. The van der Waals surface area contributed by atoms with Crippen LogP contribution >= 0.6 is 0 Å². The Morgan fingerprint density at radius 3 is 2.50 bits per heavy atom. The maximum Gasteiger partial charge on any atom is 0.268 e. The fourth-order valence-corrected chi connectivity index (χ4v) is 4.90. The van der Waals surface area contributed by atoms with E-state index in [1.807, 2.05) is 10.7 Å². The summed E-state index contributed by atoms with van der Waals surface area (Å²) in [6, 6.07) is 8.57. The highest BCUT2D eigenvalue weighted by Gasteiger charge is 2.38. The van der Waals surface area contributed by atoms with E-state index in [0.29, 0.717) is 23.6 Å². The van der Waals surface area contributed by atoms with Gasteiger partial charge >= 0.3 is 0 Å². The van der Waals surface area contributed by atoms with E-state index in [1.54, 1.807) is 0 Å². The first-order valence-electron chi connectivity index (χ1n) is 10.7. The van der Waals surface area contributed by atoms with E-state index >= 15 is 0 Å². The Morgan fingerprint density at radius 2 is 1.79 bits per heavy atom. The summed E-state index contributed by atoms with van der Waals surface area (Å²) in [7, 11) is 0. The van der Waals surface area contributed by atoms with Crippen LogP contribution in [0.15, 0.2) is 28.7 Å². The summed E-state index contributed by atoms with van der Waals surface area (Å²) < 4.78 is 8.37. The Labute approximate surface area is 165 Å². The molecule has 1 N–H and O–H groups in total. The average molecular weight is 380 g/mol. The van der Waals surface area contributed by atoms with Gasteiger partial charge in [-0.2, -0.15) is 5.10 Å². The van der Waals surface area contributed by atoms with Crippen LogP contribution in [0.5, 0.6) is 0 Å². The van der Waals surface area contributed by atoms with Crippen LogP contribution in [0.1, 0.15) is 63.8 Å². The van der Waals surface area contributed by atoms with Crippen molar-refractivity contribution >= 4 is 10.9 Å². The van der Waals surface area contributed by atoms with Gasteiger partial charge in [0, 0.05) is 17.3 Å². The molecule has 1 aliphatic heterocycles. The van der Waals surface area contributed by atoms with Crippen molar-refractivity contribution in [3.8, 4) is 11.6 Å². The molecule has 148 valence electrons. The zero-order valence-corrected chi connectivity index (χ0v) is 16.8. The number of fused-ring (bicyclic) bond motifs is 1. The molecule has 0 spiro atoms. The van der Waals surface area contributed by atoms with E-state index in [1.165, 1.54) is 32.1 Å². The first kappa shape index (κ1) is 17.9. The fraction of sp³-hybridized carbons (Fsp3) is 0.591. The first-order chi connectivity index (χ1) is 13.7. The summed E-state index contributed by atoms with van der Waals surface area (Å²) in [5, 5.41) is 18.4. The number of para-hydroxylation sites is 1. The van der Waals surface area contributed by atoms with E-state index in [9.17, 15) is 0 Å². The molecule has 5 rings (SSSR count). The zero-order chi connectivity index (χ0) is 19.1. The van der Waals surface area contributed by atoms with Gasteiger partial charge in [0.1, 0.15) is 0 Å². The molecule has 1 atom stereocenters. The molecule has 6 nitrogen and oxygen atoms in total. The van der Waals surface area contributed by atoms with Gasteiger partial charge in [0.05, 0.1) is 5.52 Å². The van der Waals surface area contributed by atoms with Crippen molar-refractivity contribution in [3.05, 3.63) is 30.2 Å². The topological polar surface area (TPSA) is 68.8 Å². The van der Waals surface area contributed by atoms with E-state index in [2.05, 4.69) is 47.6 Å². The second-order valence-corrected chi connectivity index (χ2v) is 8.65. The normalized spacial score (nSPS) is 20.0. The number of hydrogen-bond donors (Lipinski definition) is 1. The lowest BCUT2D eigenvalue weighted by Gasteiger charge is -2.38. The van der Waals surface area contributed by atoms with Crippen molar-refractivity contribution in [2.45, 2.75) is 57.9 Å². The van der Waals surface area contributed by atoms with Gasteiger partial charge in [-0.3, -0.25) is 4.68 Å². The third kappa shape index (κ3) is 3.04. The molecular weight excluding hydrogens is 350 g/mol. The van der Waals surface area contributed by atoms with Gasteiger partial charge in [0.2, 0.25) is 5.89 Å². The summed E-state index contributed by atoms with van der Waals surface area (Å²) in [6.45, 7) is 6.48. The summed E-state index contributed by atoms with van der Waals surface area (Å²) in [5.74, 6) is 3.13. The monoisotopic (exact) mass is 379 g/mol. The van der Waals surface area contributed by atoms with Gasteiger partial charge in [-0.15, -0.1) is 10.2 Å². The molecule has 1 aromatic carbocycles. The minimum Gasteiger partial charge on any atom is -0.419 e. The summed E-state index contributed by atoms with van der Waals surface area (Å²) in [6.07, 6.45) is 6.30. The number of piperidine rings is 1. The highest BCUT2D eigenvalue weighted by molar-refractivity contribution is 5.91. The smallest absolute Gasteiger partial charge is 0.268 e. The van der Waals surface area contributed by atoms with Crippen LogP contribution in [0.3, 0.4) is 0 Å². The molecule has 1 saturated heterocycles. The van der Waals surface area contributed by atoms with Crippen molar-refractivity contribution < 1.29 is 4.42 Å². The average Bonchev–Trinajstić information content (AvgIpc) is 3.30. The van der Waals surface area contributed by atoms with E-state index in [4.69, 9.17) is 9.52 Å². The minimum absolute atomic E-state index is 0.276. The summed E-state index contributed by atoms with van der Waals surface area (Å²) in [4.78, 5) is 0. The van der Waals surface area contributed by atoms with Gasteiger partial charge in [0.15, 0.2) is 5.69 Å². The highest BCUT2D eigenvalue weighted by Crippen LogP contribution is 2.46. The molecule has 1 saturated carbocycles. The minimum atomic E-state index is 0.276. The third-order valence-corrected chi connectivity index (χ3v) is 6.58. The number of hydrogen-bond acceptors (Lipinski definition) is 5. The summed E-state index contributed by atoms with van der Waals surface area (Å²) in [5.41, 5.74) is 1.92. The largest absolute Gasteiger partial charge is 0.419 e. The molecule has 6 heteroatoms. The van der Waals surface area contributed by atoms with Crippen LogP contribution in [-0.2, 0) is 0 Å². The van der Waals surface area contributed by atoms with Gasteiger partial charge in [-0.1, -0.05) is 24.6 Å². The number of benzene rings is 1. The molecule has 2 fully saturated rings. The Kier molecular flexibility index (Phi) is 4.67. The Hall–Kier alpha value is -2.21. The second-order valence-electron chi connectivity index (χ2n) is 8.65. The Morgan fingerprint density at radius 1 is 1.04 bits per heavy atom. The quantitative estimate of drug-likeness (QED) is 0.704. The SMILES string of the molecule is CC(C)n1nc(-c2nnc(C(C3CCC3)C3CCNCC3)o2)c2ccccc21. The standard InChI is InChI=1S/C22H29N5O/c1-14(2)27-18-9-4-3-8-17(18)20(26-27)22-25-24-21(28-22)19(15-6-5-7-15)16-10-12-23-13-11-16/h3-4,8-9,14-16,19,23H,5-7,10-13H2,1-2H3. The predicted molar refractivity (Wildman–Crippen MR) is 109 cm³/mol. The molecule has 1 unspecified atom stereocenters. The molecule has 0 radical (unpaired) electrons. The molecular formula is C22H29N5O. The molecule has 2 aromatic heterocycles. The first-order valence-corrected chi connectivity index (χ1v) is 10.7. The summed E-state index contributed by atoms with van der Waals surface area (Å²) >= 11 is 0. The molecule has 1 aliphatic carbocycles. The lowest BCUT2D eigenvalue weighted by molar-refractivity contribution is 0.156. The van der Waals surface area contributed by atoms with Crippen LogP contribution in [0.25, 0.3) is 22.5 Å². The van der Waals surface area contributed by atoms with Crippen LogP contribution in [0.2, 0.25) is 0 Å². The van der Waals surface area contributed by atoms with E-state index in [0.717, 1.165) is 35.6 Å². The van der Waals surface area contributed by atoms with Gasteiger partial charge in [-0.25, -0.2) is 0 Å². The third-order valence-electron chi connectivity index (χ3n) is 6.58. The number of nitrogens with one attached hydrogen (secondary N) is 1. The fourth-order valence-electron chi connectivity index (χ4n) is 4.90. The maximum absolute atomic E-state index is 6.32. The van der Waals surface area contributed by atoms with Gasteiger partial charge in [0.25, 0.3) is 5.89 Å². The van der Waals surface area contributed by atoms with Crippen LogP contribution in [0.4, 0.5) is 0 Å². The predicted octanol–water partition coefficient (Wildman–Crippen LogP) is 4.55. The van der Waals surface area contributed by atoms with E-state index in [-0.39, 0.29) is 6.04 Å². The number of nitrogens with zero attached hydrogens (tertiary/aromatic N) is 4. The van der Waals surface area contributed by atoms with E-state index < -0.39 is 0 Å². The molecule has 2 aliphatic rings. The van der Waals surface area contributed by atoms with Crippen molar-refractivity contribution in [2.75, 3.05) is 13.1 Å². The van der Waals surface area contributed by atoms with Crippen LogP contribution < -0.4 is 5.32 Å².